The highest BCUT2D eigenvalue weighted by Crippen LogP contribution is 2.19. The fourth-order valence-corrected chi connectivity index (χ4v) is 3.66. The molecule has 0 bridgehead atoms. The number of nitrogens with zero attached hydrogens (tertiary/aromatic N) is 3. The Morgan fingerprint density at radius 3 is 2.57 bits per heavy atom. The van der Waals surface area contributed by atoms with E-state index < -0.39 is 0 Å². The molecule has 1 N–H and O–H groups in total. The summed E-state index contributed by atoms with van der Waals surface area (Å²) in [6.45, 7) is 6.56. The van der Waals surface area contributed by atoms with Crippen molar-refractivity contribution in [3.8, 4) is 0 Å². The number of carbonyl (C=O) groups excluding carboxylic acids is 2. The lowest BCUT2D eigenvalue weighted by Crippen LogP contribution is -2.44. The maximum absolute atomic E-state index is 12.5. The van der Waals surface area contributed by atoms with Crippen molar-refractivity contribution in [3.05, 3.63) is 54.1 Å². The van der Waals surface area contributed by atoms with Crippen LogP contribution >= 0.6 is 0 Å². The minimum absolute atomic E-state index is 0.000255. The van der Waals surface area contributed by atoms with E-state index in [9.17, 15) is 9.59 Å². The molecule has 1 fully saturated rings. The molecule has 1 aliphatic heterocycles. The van der Waals surface area contributed by atoms with E-state index in [-0.39, 0.29) is 23.7 Å². The molecule has 1 saturated heterocycles. The summed E-state index contributed by atoms with van der Waals surface area (Å²) < 4.78 is 2.12. The zero-order chi connectivity index (χ0) is 19.9. The van der Waals surface area contributed by atoms with Crippen molar-refractivity contribution in [2.45, 2.75) is 39.7 Å². The number of imidazole rings is 1. The van der Waals surface area contributed by atoms with Gasteiger partial charge < -0.3 is 14.8 Å². The number of hydrogen-bond acceptors (Lipinski definition) is 3. The van der Waals surface area contributed by atoms with E-state index in [1.165, 1.54) is 5.56 Å². The lowest BCUT2D eigenvalue weighted by Gasteiger charge is -2.32. The fourth-order valence-electron chi connectivity index (χ4n) is 3.66. The molecule has 2 amide bonds. The van der Waals surface area contributed by atoms with Crippen LogP contribution < -0.4 is 5.32 Å². The third kappa shape index (κ3) is 5.21. The minimum Gasteiger partial charge on any atom is -0.355 e. The molecule has 6 nitrogen and oxygen atoms in total. The Hall–Kier alpha value is -2.63. The molecule has 3 rings (SSSR count). The van der Waals surface area contributed by atoms with Crippen LogP contribution in [0, 0.1) is 11.8 Å². The van der Waals surface area contributed by atoms with Crippen LogP contribution in [0.3, 0.4) is 0 Å². The second-order valence-corrected chi connectivity index (χ2v) is 7.75. The van der Waals surface area contributed by atoms with Crippen LogP contribution in [-0.4, -0.2) is 45.9 Å². The zero-order valence-electron chi connectivity index (χ0n) is 16.8. The molecule has 1 aliphatic rings. The Balaban J connectivity index is 1.43. The topological polar surface area (TPSA) is 67.2 Å². The van der Waals surface area contributed by atoms with Crippen LogP contribution in [-0.2, 0) is 22.6 Å². The van der Waals surface area contributed by atoms with E-state index in [1.807, 2.05) is 49.3 Å². The summed E-state index contributed by atoms with van der Waals surface area (Å²) >= 11 is 0. The molecule has 0 aliphatic carbocycles. The maximum Gasteiger partial charge on any atom is 0.225 e. The first-order chi connectivity index (χ1) is 13.5. The lowest BCUT2D eigenvalue weighted by molar-refractivity contribution is -0.138. The van der Waals surface area contributed by atoms with Gasteiger partial charge in [0.2, 0.25) is 11.8 Å². The van der Waals surface area contributed by atoms with Gasteiger partial charge in [0.25, 0.3) is 0 Å². The second-order valence-electron chi connectivity index (χ2n) is 7.75. The number of piperidine rings is 1. The molecule has 0 spiro atoms. The van der Waals surface area contributed by atoms with Gasteiger partial charge in [-0.1, -0.05) is 44.2 Å². The molecule has 2 aromatic rings. The SMILES string of the molecule is CC(C)C(=O)N1CCC(C(=O)NCCc2nccn2Cc2ccccc2)CC1. The fraction of sp³-hybridized carbons (Fsp3) is 0.500. The second kappa shape index (κ2) is 9.53. The standard InChI is InChI=1S/C22H30N4O2/c1-17(2)22(28)25-13-9-19(10-14-25)21(27)24-11-8-20-23-12-15-26(20)16-18-6-4-3-5-7-18/h3-7,12,15,17,19H,8-11,13-14,16H2,1-2H3,(H,24,27). The molecule has 0 radical (unpaired) electrons. The highest BCUT2D eigenvalue weighted by Gasteiger charge is 2.27. The summed E-state index contributed by atoms with van der Waals surface area (Å²) in [5.74, 6) is 1.27. The van der Waals surface area contributed by atoms with E-state index in [0.29, 0.717) is 26.1 Å². The van der Waals surface area contributed by atoms with Gasteiger partial charge in [-0.3, -0.25) is 9.59 Å². The largest absolute Gasteiger partial charge is 0.355 e. The Kier molecular flexibility index (Phi) is 6.85. The van der Waals surface area contributed by atoms with E-state index >= 15 is 0 Å². The lowest BCUT2D eigenvalue weighted by atomic mass is 9.95. The van der Waals surface area contributed by atoms with Crippen molar-refractivity contribution in [3.63, 3.8) is 0 Å². The first-order valence-corrected chi connectivity index (χ1v) is 10.1. The van der Waals surface area contributed by atoms with E-state index in [4.69, 9.17) is 0 Å². The van der Waals surface area contributed by atoms with E-state index in [0.717, 1.165) is 25.2 Å². The average Bonchev–Trinajstić information content (AvgIpc) is 3.15. The molecule has 150 valence electrons. The van der Waals surface area contributed by atoms with E-state index in [1.54, 1.807) is 0 Å². The summed E-state index contributed by atoms with van der Waals surface area (Å²) in [6.07, 6.45) is 5.98. The minimum atomic E-state index is 0.000255. The summed E-state index contributed by atoms with van der Waals surface area (Å²) in [6, 6.07) is 10.3. The number of benzene rings is 1. The molecule has 1 aromatic heterocycles. The Morgan fingerprint density at radius 2 is 1.89 bits per heavy atom. The normalized spacial score (nSPS) is 15.0. The molecule has 2 heterocycles. The van der Waals surface area contributed by atoms with Crippen molar-refractivity contribution in [2.24, 2.45) is 11.8 Å². The molecule has 0 atom stereocenters. The number of amides is 2. The van der Waals surface area contributed by atoms with Gasteiger partial charge >= 0.3 is 0 Å². The maximum atomic E-state index is 12.5. The summed E-state index contributed by atoms with van der Waals surface area (Å²) in [4.78, 5) is 30.8. The molecule has 0 unspecified atom stereocenters. The van der Waals surface area contributed by atoms with Crippen molar-refractivity contribution >= 4 is 11.8 Å². The van der Waals surface area contributed by atoms with Gasteiger partial charge in [0, 0.05) is 56.8 Å². The van der Waals surface area contributed by atoms with Gasteiger partial charge in [0.05, 0.1) is 0 Å². The molecule has 1 aromatic carbocycles. The number of rotatable bonds is 7. The van der Waals surface area contributed by atoms with E-state index in [2.05, 4.69) is 27.0 Å². The molecule has 0 saturated carbocycles. The van der Waals surface area contributed by atoms with Crippen LogP contribution in [0.2, 0.25) is 0 Å². The number of aromatic nitrogens is 2. The van der Waals surface area contributed by atoms with Crippen LogP contribution in [0.4, 0.5) is 0 Å². The third-order valence-electron chi connectivity index (χ3n) is 5.32. The quantitative estimate of drug-likeness (QED) is 0.800. The molecule has 28 heavy (non-hydrogen) atoms. The Labute approximate surface area is 166 Å². The predicted octanol–water partition coefficient (Wildman–Crippen LogP) is 2.48. The van der Waals surface area contributed by atoms with Gasteiger partial charge in [-0.05, 0) is 18.4 Å². The monoisotopic (exact) mass is 382 g/mol. The summed E-state index contributed by atoms with van der Waals surface area (Å²) in [7, 11) is 0. The van der Waals surface area contributed by atoms with Crippen molar-refractivity contribution in [1.82, 2.24) is 19.8 Å². The van der Waals surface area contributed by atoms with Gasteiger partial charge in [-0.25, -0.2) is 4.98 Å². The van der Waals surface area contributed by atoms with Crippen LogP contribution in [0.5, 0.6) is 0 Å². The Bertz CT molecular complexity index is 777. The first kappa shape index (κ1) is 20.1. The average molecular weight is 383 g/mol. The molecular weight excluding hydrogens is 352 g/mol. The summed E-state index contributed by atoms with van der Waals surface area (Å²) in [5, 5.41) is 3.05. The van der Waals surface area contributed by atoms with Crippen LogP contribution in [0.1, 0.15) is 38.1 Å². The molecule has 6 heteroatoms. The predicted molar refractivity (Wildman–Crippen MR) is 109 cm³/mol. The number of carbonyl (C=O) groups is 2. The number of hydrogen-bond donors (Lipinski definition) is 1. The van der Waals surface area contributed by atoms with Gasteiger partial charge in [0.1, 0.15) is 5.82 Å². The van der Waals surface area contributed by atoms with Crippen molar-refractivity contribution in [2.75, 3.05) is 19.6 Å². The Morgan fingerprint density at radius 1 is 1.18 bits per heavy atom. The third-order valence-corrected chi connectivity index (χ3v) is 5.32. The number of likely N-dealkylation sites (tertiary alicyclic amines) is 1. The highest BCUT2D eigenvalue weighted by atomic mass is 16.2. The molecular formula is C22H30N4O2. The van der Waals surface area contributed by atoms with Crippen LogP contribution in [0.15, 0.2) is 42.7 Å². The smallest absolute Gasteiger partial charge is 0.225 e. The first-order valence-electron chi connectivity index (χ1n) is 10.1. The zero-order valence-corrected chi connectivity index (χ0v) is 16.8. The highest BCUT2D eigenvalue weighted by molar-refractivity contribution is 5.80. The van der Waals surface area contributed by atoms with Crippen molar-refractivity contribution in [1.29, 1.82) is 0 Å². The van der Waals surface area contributed by atoms with Gasteiger partial charge in [0.15, 0.2) is 0 Å². The van der Waals surface area contributed by atoms with Gasteiger partial charge in [-0.15, -0.1) is 0 Å². The summed E-state index contributed by atoms with van der Waals surface area (Å²) in [5.41, 5.74) is 1.23. The number of nitrogens with one attached hydrogen (secondary N) is 1. The van der Waals surface area contributed by atoms with Crippen molar-refractivity contribution < 1.29 is 9.59 Å². The van der Waals surface area contributed by atoms with Crippen LogP contribution in [0.25, 0.3) is 0 Å². The van der Waals surface area contributed by atoms with Gasteiger partial charge in [-0.2, -0.15) is 0 Å².